The molecular weight excluding hydrogens is 256 g/mol. The second kappa shape index (κ2) is 6.75. The number of carbonyl (C=O) groups is 1. The highest BCUT2D eigenvalue weighted by Crippen LogP contribution is 2.22. The molecule has 1 aromatic heterocycles. The summed E-state index contributed by atoms with van der Waals surface area (Å²) >= 11 is 0. The largest absolute Gasteiger partial charge is 0.466 e. The lowest BCUT2D eigenvalue weighted by molar-refractivity contribution is -0.142. The van der Waals surface area contributed by atoms with E-state index in [1.807, 2.05) is 6.07 Å². The van der Waals surface area contributed by atoms with Crippen LogP contribution in [0.4, 0.5) is 8.78 Å². The lowest BCUT2D eigenvalue weighted by atomic mass is 10.0. The quantitative estimate of drug-likeness (QED) is 0.817. The van der Waals surface area contributed by atoms with E-state index in [0.29, 0.717) is 0 Å². The van der Waals surface area contributed by atoms with Crippen molar-refractivity contribution >= 4 is 5.97 Å². The first kappa shape index (κ1) is 15.0. The van der Waals surface area contributed by atoms with Crippen LogP contribution in [0.3, 0.4) is 0 Å². The molecule has 0 amide bonds. The summed E-state index contributed by atoms with van der Waals surface area (Å²) in [6.07, 6.45) is -3.12. The molecule has 0 saturated heterocycles. The molecule has 0 unspecified atom stereocenters. The number of carbonyl (C=O) groups excluding carboxylic acids is 1. The van der Waals surface area contributed by atoms with Crippen molar-refractivity contribution < 1.29 is 18.3 Å². The molecule has 0 aliphatic rings. The number of alkyl halides is 2. The third kappa shape index (κ3) is 3.69. The van der Waals surface area contributed by atoms with Gasteiger partial charge >= 0.3 is 5.97 Å². The zero-order chi connectivity index (χ0) is 14.4. The fourth-order valence-electron chi connectivity index (χ4n) is 1.57. The van der Waals surface area contributed by atoms with Gasteiger partial charge in [0, 0.05) is 6.54 Å². The molecule has 5 nitrogen and oxygen atoms in total. The third-order valence-corrected chi connectivity index (χ3v) is 2.37. The Hall–Kier alpha value is -2.07. The van der Waals surface area contributed by atoms with Gasteiger partial charge in [0.05, 0.1) is 24.3 Å². The van der Waals surface area contributed by atoms with Crippen LogP contribution >= 0.6 is 0 Å². The number of rotatable bonds is 5. The van der Waals surface area contributed by atoms with Crippen LogP contribution in [-0.4, -0.2) is 17.6 Å². The van der Waals surface area contributed by atoms with E-state index in [0.717, 1.165) is 6.07 Å². The van der Waals surface area contributed by atoms with Gasteiger partial charge in [-0.3, -0.25) is 4.79 Å². The number of hydrogen-bond donors (Lipinski definition) is 1. The number of halogens is 2. The van der Waals surface area contributed by atoms with Crippen molar-refractivity contribution in [3.63, 3.8) is 0 Å². The Morgan fingerprint density at radius 2 is 2.32 bits per heavy atom. The molecule has 0 saturated carbocycles. The van der Waals surface area contributed by atoms with Crippen molar-refractivity contribution in [3.05, 3.63) is 28.6 Å². The molecule has 1 heterocycles. The van der Waals surface area contributed by atoms with E-state index in [2.05, 4.69) is 4.98 Å². The summed E-state index contributed by atoms with van der Waals surface area (Å²) in [6.45, 7) is 1.71. The molecule has 0 aliphatic carbocycles. The minimum absolute atomic E-state index is 0.0285. The van der Waals surface area contributed by atoms with Crippen LogP contribution < -0.4 is 5.73 Å². The van der Waals surface area contributed by atoms with Gasteiger partial charge in [-0.05, 0) is 18.6 Å². The minimum Gasteiger partial charge on any atom is -0.466 e. The van der Waals surface area contributed by atoms with Gasteiger partial charge in [-0.25, -0.2) is 13.8 Å². The Kier molecular flexibility index (Phi) is 5.33. The van der Waals surface area contributed by atoms with E-state index in [9.17, 15) is 13.6 Å². The highest BCUT2D eigenvalue weighted by molar-refractivity contribution is 5.73. The number of esters is 1. The molecule has 0 atom stereocenters. The zero-order valence-electron chi connectivity index (χ0n) is 10.3. The van der Waals surface area contributed by atoms with E-state index < -0.39 is 18.1 Å². The van der Waals surface area contributed by atoms with E-state index in [1.54, 1.807) is 6.92 Å². The average Bonchev–Trinajstić information content (AvgIpc) is 2.37. The van der Waals surface area contributed by atoms with Crippen molar-refractivity contribution in [3.8, 4) is 6.07 Å². The predicted molar refractivity (Wildman–Crippen MR) is 62.1 cm³/mol. The fraction of sp³-hybridized carbons (Fsp3) is 0.417. The van der Waals surface area contributed by atoms with Crippen LogP contribution in [0.2, 0.25) is 0 Å². The van der Waals surface area contributed by atoms with Gasteiger partial charge in [-0.2, -0.15) is 5.26 Å². The SMILES string of the molecule is CCOC(=O)Cc1nc(C(F)F)cc(CN)c1C#N. The molecule has 0 radical (unpaired) electrons. The lowest BCUT2D eigenvalue weighted by Crippen LogP contribution is -2.14. The minimum atomic E-state index is -2.79. The number of nitrogens with two attached hydrogens (primary N) is 1. The van der Waals surface area contributed by atoms with Gasteiger partial charge in [0.2, 0.25) is 0 Å². The molecular formula is C12H13F2N3O2. The van der Waals surface area contributed by atoms with Gasteiger partial charge in [-0.1, -0.05) is 0 Å². The second-order valence-corrected chi connectivity index (χ2v) is 3.63. The summed E-state index contributed by atoms with van der Waals surface area (Å²) in [5, 5.41) is 9.02. The van der Waals surface area contributed by atoms with E-state index in [4.69, 9.17) is 15.7 Å². The Morgan fingerprint density at radius 1 is 1.63 bits per heavy atom. The molecule has 2 N–H and O–H groups in total. The van der Waals surface area contributed by atoms with Crippen molar-refractivity contribution in [1.29, 1.82) is 5.26 Å². The Balaban J connectivity index is 3.23. The Labute approximate surface area is 109 Å². The predicted octanol–water partition coefficient (Wildman–Crippen LogP) is 1.46. The molecule has 0 aromatic carbocycles. The molecule has 7 heteroatoms. The normalized spacial score (nSPS) is 10.3. The Bertz CT molecular complexity index is 512. The third-order valence-electron chi connectivity index (χ3n) is 2.37. The molecule has 0 aliphatic heterocycles. The Morgan fingerprint density at radius 3 is 2.79 bits per heavy atom. The van der Waals surface area contributed by atoms with Crippen molar-refractivity contribution in [2.75, 3.05) is 6.61 Å². The molecule has 102 valence electrons. The molecule has 0 bridgehead atoms. The highest BCUT2D eigenvalue weighted by Gasteiger charge is 2.19. The second-order valence-electron chi connectivity index (χ2n) is 3.63. The number of nitrogens with zero attached hydrogens (tertiary/aromatic N) is 2. The maximum atomic E-state index is 12.7. The van der Waals surface area contributed by atoms with Crippen LogP contribution in [0.25, 0.3) is 0 Å². The maximum Gasteiger partial charge on any atom is 0.311 e. The van der Waals surface area contributed by atoms with Crippen LogP contribution in [0.15, 0.2) is 6.07 Å². The van der Waals surface area contributed by atoms with Crippen LogP contribution in [-0.2, 0) is 22.5 Å². The summed E-state index contributed by atoms with van der Waals surface area (Å²) < 4.78 is 30.1. The van der Waals surface area contributed by atoms with Gasteiger partial charge in [0.15, 0.2) is 0 Å². The summed E-state index contributed by atoms with van der Waals surface area (Å²) in [7, 11) is 0. The van der Waals surface area contributed by atoms with Crippen LogP contribution in [0.5, 0.6) is 0 Å². The maximum absolute atomic E-state index is 12.7. The van der Waals surface area contributed by atoms with Crippen molar-refractivity contribution in [2.24, 2.45) is 5.73 Å². The van der Waals surface area contributed by atoms with E-state index in [1.165, 1.54) is 0 Å². The van der Waals surface area contributed by atoms with Crippen molar-refractivity contribution in [1.82, 2.24) is 4.98 Å². The smallest absolute Gasteiger partial charge is 0.311 e. The summed E-state index contributed by atoms with van der Waals surface area (Å²) in [6, 6.07) is 2.91. The molecule has 1 rings (SSSR count). The van der Waals surface area contributed by atoms with Crippen molar-refractivity contribution in [2.45, 2.75) is 26.3 Å². The zero-order valence-corrected chi connectivity index (χ0v) is 10.3. The van der Waals surface area contributed by atoms with Gasteiger partial charge < -0.3 is 10.5 Å². The topological polar surface area (TPSA) is 89.0 Å². The number of hydrogen-bond acceptors (Lipinski definition) is 5. The molecule has 0 spiro atoms. The first-order chi connectivity index (χ1) is 9.03. The average molecular weight is 269 g/mol. The summed E-state index contributed by atoms with van der Waals surface area (Å²) in [5.74, 6) is -0.624. The first-order valence-corrected chi connectivity index (χ1v) is 5.60. The van der Waals surface area contributed by atoms with Gasteiger partial charge in [0.25, 0.3) is 6.43 Å². The highest BCUT2D eigenvalue weighted by atomic mass is 19.3. The fourth-order valence-corrected chi connectivity index (χ4v) is 1.57. The lowest BCUT2D eigenvalue weighted by Gasteiger charge is -2.10. The molecule has 0 fully saturated rings. The number of pyridine rings is 1. The van der Waals surface area contributed by atoms with Gasteiger partial charge in [-0.15, -0.1) is 0 Å². The summed E-state index contributed by atoms with van der Waals surface area (Å²) in [4.78, 5) is 15.0. The molecule has 19 heavy (non-hydrogen) atoms. The molecule has 1 aromatic rings. The van der Waals surface area contributed by atoms with Crippen LogP contribution in [0.1, 0.15) is 35.9 Å². The number of nitriles is 1. The summed E-state index contributed by atoms with van der Waals surface area (Å²) in [5.41, 5.74) is 5.18. The van der Waals surface area contributed by atoms with E-state index >= 15 is 0 Å². The van der Waals surface area contributed by atoms with Gasteiger partial charge in [0.1, 0.15) is 11.8 Å². The monoisotopic (exact) mass is 269 g/mol. The first-order valence-electron chi connectivity index (χ1n) is 5.60. The van der Waals surface area contributed by atoms with Crippen LogP contribution in [0, 0.1) is 11.3 Å². The van der Waals surface area contributed by atoms with E-state index in [-0.39, 0.29) is 36.4 Å². The number of ether oxygens (including phenoxy) is 1. The standard InChI is InChI=1S/C12H13F2N3O2/c1-2-19-11(18)4-9-8(6-16)7(5-15)3-10(17-9)12(13)14/h3,12H,2,4-5,15H2,1H3. The number of aromatic nitrogens is 1.